The van der Waals surface area contributed by atoms with Crippen LogP contribution in [0.4, 0.5) is 10.3 Å². The molecule has 0 saturated carbocycles. The third-order valence-electron chi connectivity index (χ3n) is 4.47. The standard InChI is InChI=1S/C21H17FN8/c1-2-14-4-3-5-15(25-14)11-30-12-20(28-29-30)19-9-18(26-21(24)27-19)16-8-13(10-23)6-7-17(16)22/h3-9,12H,2,11H2,1H3,(H2,24,26,27). The van der Waals surface area contributed by atoms with Crippen molar-refractivity contribution in [3.8, 4) is 28.7 Å². The summed E-state index contributed by atoms with van der Waals surface area (Å²) in [6, 6.07) is 13.5. The predicted octanol–water partition coefficient (Wildman–Crippen LogP) is 3.00. The van der Waals surface area contributed by atoms with Crippen molar-refractivity contribution in [3.05, 3.63) is 71.4 Å². The molecule has 0 spiro atoms. The quantitative estimate of drug-likeness (QED) is 0.547. The van der Waals surface area contributed by atoms with Crippen LogP contribution < -0.4 is 5.73 Å². The molecule has 0 saturated heterocycles. The number of hydrogen-bond acceptors (Lipinski definition) is 7. The Hall–Kier alpha value is -4.19. The number of rotatable bonds is 5. The topological polar surface area (TPSA) is 119 Å². The molecule has 0 amide bonds. The van der Waals surface area contributed by atoms with Gasteiger partial charge >= 0.3 is 0 Å². The lowest BCUT2D eigenvalue weighted by Gasteiger charge is -2.06. The maximum Gasteiger partial charge on any atom is 0.221 e. The maximum atomic E-state index is 14.3. The van der Waals surface area contributed by atoms with Crippen LogP contribution in [0.3, 0.4) is 0 Å². The van der Waals surface area contributed by atoms with E-state index in [-0.39, 0.29) is 17.2 Å². The van der Waals surface area contributed by atoms with Gasteiger partial charge in [0.2, 0.25) is 5.95 Å². The van der Waals surface area contributed by atoms with Gasteiger partial charge < -0.3 is 5.73 Å². The van der Waals surface area contributed by atoms with E-state index in [2.05, 4.69) is 25.3 Å². The van der Waals surface area contributed by atoms with E-state index in [0.29, 0.717) is 23.5 Å². The van der Waals surface area contributed by atoms with Gasteiger partial charge in [-0.15, -0.1) is 5.10 Å². The van der Waals surface area contributed by atoms with E-state index in [1.54, 1.807) is 16.9 Å². The van der Waals surface area contributed by atoms with Gasteiger partial charge in [-0.1, -0.05) is 18.2 Å². The van der Waals surface area contributed by atoms with E-state index < -0.39 is 5.82 Å². The Morgan fingerprint density at radius 2 is 1.83 bits per heavy atom. The van der Waals surface area contributed by atoms with Crippen molar-refractivity contribution >= 4 is 5.95 Å². The highest BCUT2D eigenvalue weighted by Crippen LogP contribution is 2.26. The number of pyridine rings is 1. The van der Waals surface area contributed by atoms with Crippen LogP contribution in [0.25, 0.3) is 22.6 Å². The molecule has 3 aromatic heterocycles. The number of hydrogen-bond donors (Lipinski definition) is 1. The number of benzene rings is 1. The molecule has 8 nitrogen and oxygen atoms in total. The molecule has 9 heteroatoms. The molecule has 0 aliphatic heterocycles. The summed E-state index contributed by atoms with van der Waals surface area (Å²) in [5.74, 6) is -0.542. The molecule has 4 rings (SSSR count). The minimum Gasteiger partial charge on any atom is -0.368 e. The molecule has 148 valence electrons. The average Bonchev–Trinajstić information content (AvgIpc) is 3.22. The van der Waals surface area contributed by atoms with Crippen molar-refractivity contribution in [2.24, 2.45) is 0 Å². The van der Waals surface area contributed by atoms with Gasteiger partial charge in [-0.25, -0.2) is 19.0 Å². The first-order valence-corrected chi connectivity index (χ1v) is 9.25. The van der Waals surface area contributed by atoms with Crippen LogP contribution in [0.15, 0.2) is 48.7 Å². The highest BCUT2D eigenvalue weighted by molar-refractivity contribution is 5.68. The van der Waals surface area contributed by atoms with E-state index in [0.717, 1.165) is 17.8 Å². The molecule has 1 aromatic carbocycles. The Kier molecular flexibility index (Phi) is 5.13. The van der Waals surface area contributed by atoms with Crippen molar-refractivity contribution in [2.75, 3.05) is 5.73 Å². The zero-order chi connectivity index (χ0) is 21.1. The third-order valence-corrected chi connectivity index (χ3v) is 4.47. The van der Waals surface area contributed by atoms with Crippen LogP contribution in [0.2, 0.25) is 0 Å². The second-order valence-corrected chi connectivity index (χ2v) is 6.58. The molecular formula is C21H17FN8. The number of aryl methyl sites for hydroxylation is 1. The predicted molar refractivity (Wildman–Crippen MR) is 108 cm³/mol. The molecule has 30 heavy (non-hydrogen) atoms. The Balaban J connectivity index is 1.66. The molecule has 0 aliphatic rings. The Morgan fingerprint density at radius 3 is 2.63 bits per heavy atom. The monoisotopic (exact) mass is 400 g/mol. The van der Waals surface area contributed by atoms with Crippen molar-refractivity contribution in [2.45, 2.75) is 19.9 Å². The lowest BCUT2D eigenvalue weighted by atomic mass is 10.1. The maximum absolute atomic E-state index is 14.3. The fraction of sp³-hybridized carbons (Fsp3) is 0.143. The van der Waals surface area contributed by atoms with Gasteiger partial charge in [-0.05, 0) is 42.8 Å². The first kappa shape index (κ1) is 19.1. The van der Waals surface area contributed by atoms with E-state index in [4.69, 9.17) is 11.0 Å². The van der Waals surface area contributed by atoms with Gasteiger partial charge in [0.05, 0.1) is 41.5 Å². The Morgan fingerprint density at radius 1 is 1.03 bits per heavy atom. The Labute approximate surface area is 171 Å². The molecule has 0 radical (unpaired) electrons. The number of nitrogen functional groups attached to an aromatic ring is 1. The normalized spacial score (nSPS) is 10.7. The molecule has 0 fully saturated rings. The van der Waals surface area contributed by atoms with Crippen LogP contribution in [0.1, 0.15) is 23.9 Å². The number of nitrogens with zero attached hydrogens (tertiary/aromatic N) is 7. The zero-order valence-electron chi connectivity index (χ0n) is 16.1. The van der Waals surface area contributed by atoms with Crippen LogP contribution in [0, 0.1) is 17.1 Å². The van der Waals surface area contributed by atoms with Gasteiger partial charge in [0.15, 0.2) is 0 Å². The third kappa shape index (κ3) is 3.98. The molecule has 3 heterocycles. The van der Waals surface area contributed by atoms with Gasteiger partial charge in [0.25, 0.3) is 0 Å². The van der Waals surface area contributed by atoms with Crippen molar-refractivity contribution in [3.63, 3.8) is 0 Å². The second-order valence-electron chi connectivity index (χ2n) is 6.58. The van der Waals surface area contributed by atoms with E-state index in [1.807, 2.05) is 31.2 Å². The molecule has 2 N–H and O–H groups in total. The number of nitriles is 1. The summed E-state index contributed by atoms with van der Waals surface area (Å²) in [7, 11) is 0. The summed E-state index contributed by atoms with van der Waals surface area (Å²) in [6.07, 6.45) is 2.57. The molecular weight excluding hydrogens is 383 g/mol. The van der Waals surface area contributed by atoms with Crippen molar-refractivity contribution in [1.29, 1.82) is 5.26 Å². The van der Waals surface area contributed by atoms with Crippen molar-refractivity contribution in [1.82, 2.24) is 29.9 Å². The van der Waals surface area contributed by atoms with Crippen LogP contribution in [0.5, 0.6) is 0 Å². The highest BCUT2D eigenvalue weighted by atomic mass is 19.1. The summed E-state index contributed by atoms with van der Waals surface area (Å²) >= 11 is 0. The summed E-state index contributed by atoms with van der Waals surface area (Å²) in [5, 5.41) is 17.4. The lowest BCUT2D eigenvalue weighted by Crippen LogP contribution is -2.03. The number of anilines is 1. The molecule has 0 atom stereocenters. The van der Waals surface area contributed by atoms with E-state index in [1.165, 1.54) is 18.2 Å². The summed E-state index contributed by atoms with van der Waals surface area (Å²) in [5.41, 5.74) is 9.32. The minimum atomic E-state index is -0.511. The minimum absolute atomic E-state index is 0.0314. The van der Waals surface area contributed by atoms with Gasteiger partial charge in [-0.2, -0.15) is 5.26 Å². The second kappa shape index (κ2) is 8.05. The average molecular weight is 400 g/mol. The Bertz CT molecular complexity index is 1260. The summed E-state index contributed by atoms with van der Waals surface area (Å²) < 4.78 is 16.0. The summed E-state index contributed by atoms with van der Waals surface area (Å²) in [6.45, 7) is 2.50. The SMILES string of the molecule is CCc1cccc(Cn2cc(-c3cc(-c4cc(C#N)ccc4F)nc(N)n3)nn2)n1. The largest absolute Gasteiger partial charge is 0.368 e. The van der Waals surface area contributed by atoms with E-state index >= 15 is 0 Å². The first-order chi connectivity index (χ1) is 14.6. The van der Waals surface area contributed by atoms with E-state index in [9.17, 15) is 4.39 Å². The van der Waals surface area contributed by atoms with Crippen LogP contribution in [-0.2, 0) is 13.0 Å². The molecule has 0 aliphatic carbocycles. The van der Waals surface area contributed by atoms with Gasteiger partial charge in [-0.3, -0.25) is 4.98 Å². The van der Waals surface area contributed by atoms with Gasteiger partial charge in [0.1, 0.15) is 11.5 Å². The lowest BCUT2D eigenvalue weighted by molar-refractivity contribution is 0.630. The number of aromatic nitrogens is 6. The van der Waals surface area contributed by atoms with Crippen LogP contribution >= 0.6 is 0 Å². The fourth-order valence-corrected chi connectivity index (χ4v) is 3.00. The zero-order valence-corrected chi connectivity index (χ0v) is 16.1. The smallest absolute Gasteiger partial charge is 0.221 e. The number of halogens is 1. The van der Waals surface area contributed by atoms with Crippen LogP contribution in [-0.4, -0.2) is 29.9 Å². The first-order valence-electron chi connectivity index (χ1n) is 9.25. The fourth-order valence-electron chi connectivity index (χ4n) is 3.00. The number of nitrogens with two attached hydrogens (primary N) is 1. The van der Waals surface area contributed by atoms with Gasteiger partial charge in [0, 0.05) is 11.3 Å². The summed E-state index contributed by atoms with van der Waals surface area (Å²) in [4.78, 5) is 12.9. The molecule has 0 unspecified atom stereocenters. The molecule has 4 aromatic rings. The highest BCUT2D eigenvalue weighted by Gasteiger charge is 2.14. The molecule has 0 bridgehead atoms. The van der Waals surface area contributed by atoms with Crippen molar-refractivity contribution < 1.29 is 4.39 Å².